The molecule has 2 N–H and O–H groups in total. The van der Waals surface area contributed by atoms with Gasteiger partial charge in [-0.15, -0.1) is 0 Å². The number of carbonyl (C=O) groups excluding carboxylic acids is 2. The maximum atomic E-state index is 12.7. The van der Waals surface area contributed by atoms with E-state index in [1.54, 1.807) is 6.08 Å². The molecule has 1 atom stereocenters. The number of rotatable bonds is 8. The van der Waals surface area contributed by atoms with E-state index in [0.29, 0.717) is 24.8 Å². The normalized spacial score (nSPS) is 17.3. The Morgan fingerprint density at radius 1 is 1.27 bits per heavy atom. The third-order valence-corrected chi connectivity index (χ3v) is 6.29. The number of anilines is 1. The fourth-order valence-corrected chi connectivity index (χ4v) is 3.98. The zero-order valence-electron chi connectivity index (χ0n) is 19.7. The van der Waals surface area contributed by atoms with E-state index in [-0.39, 0.29) is 17.7 Å². The number of H-pyrrole nitrogens is 1. The van der Waals surface area contributed by atoms with Gasteiger partial charge in [0, 0.05) is 43.4 Å². The number of amides is 2. The van der Waals surface area contributed by atoms with E-state index in [4.69, 9.17) is 0 Å². The number of nitrogens with zero attached hydrogens (tertiary/aromatic N) is 3. The molecule has 7 nitrogen and oxygen atoms in total. The summed E-state index contributed by atoms with van der Waals surface area (Å²) in [6.07, 6.45) is 8.89. The van der Waals surface area contributed by atoms with E-state index in [0.717, 1.165) is 29.8 Å². The van der Waals surface area contributed by atoms with Gasteiger partial charge in [0.2, 0.25) is 11.8 Å². The molecule has 2 amide bonds. The molecule has 1 aromatic heterocycles. The molecule has 0 radical (unpaired) electrons. The van der Waals surface area contributed by atoms with Crippen molar-refractivity contribution in [1.29, 1.82) is 0 Å². The molecule has 0 bridgehead atoms. The molecule has 0 spiro atoms. The number of likely N-dealkylation sites (N-methyl/N-ethyl adjacent to an activating group) is 1. The van der Waals surface area contributed by atoms with E-state index in [1.807, 2.05) is 55.1 Å². The number of aromatic nitrogens is 2. The predicted molar refractivity (Wildman–Crippen MR) is 131 cm³/mol. The lowest BCUT2D eigenvalue weighted by Gasteiger charge is -2.26. The summed E-state index contributed by atoms with van der Waals surface area (Å²) in [5, 5.41) is 10.2. The summed E-state index contributed by atoms with van der Waals surface area (Å²) in [5.74, 6) is 0.885. The summed E-state index contributed by atoms with van der Waals surface area (Å²) in [6.45, 7) is 4.00. The minimum atomic E-state index is -0.275. The largest absolute Gasteiger partial charge is 0.335 e. The highest BCUT2D eigenvalue weighted by Crippen LogP contribution is 2.39. The molecular formula is C26H33N5O2. The standard InChI is InChI=1S/C26H33N5O2/c1-18(26(33)27-24-17-23(28-29-24)22-10-11-22)19-6-8-20(9-7-19)21-12-15-31(16-13-21)25(32)5-4-14-30(2)3/h4-9,12,17-18,22H,10-11,13-16H2,1-3H3,(H2,27,28,29,33)/b5-4+/t18-/m0/s1. The van der Waals surface area contributed by atoms with Gasteiger partial charge in [0.05, 0.1) is 5.92 Å². The topological polar surface area (TPSA) is 81.3 Å². The van der Waals surface area contributed by atoms with Crippen LogP contribution in [0.3, 0.4) is 0 Å². The van der Waals surface area contributed by atoms with Crippen LogP contribution in [-0.2, 0) is 9.59 Å². The number of carbonyl (C=O) groups is 2. The van der Waals surface area contributed by atoms with Crippen molar-refractivity contribution >= 4 is 23.2 Å². The summed E-state index contributed by atoms with van der Waals surface area (Å²) in [6, 6.07) is 10.1. The third kappa shape index (κ3) is 5.99. The second-order valence-corrected chi connectivity index (χ2v) is 9.24. The van der Waals surface area contributed by atoms with Crippen LogP contribution in [0.2, 0.25) is 0 Å². The molecule has 2 heterocycles. The molecule has 2 aromatic rings. The SMILES string of the molecule is C[C@H](C(=O)Nc1cc(C2CC2)[nH]n1)c1ccc(C2=CCN(C(=O)/C=C/CN(C)C)CC2)cc1. The monoisotopic (exact) mass is 447 g/mol. The van der Waals surface area contributed by atoms with Crippen molar-refractivity contribution in [2.24, 2.45) is 0 Å². The lowest BCUT2D eigenvalue weighted by atomic mass is 9.94. The van der Waals surface area contributed by atoms with Gasteiger partial charge in [-0.1, -0.05) is 36.4 Å². The number of benzene rings is 1. The highest BCUT2D eigenvalue weighted by atomic mass is 16.2. The van der Waals surface area contributed by atoms with Crippen molar-refractivity contribution in [1.82, 2.24) is 20.0 Å². The molecule has 1 aromatic carbocycles. The van der Waals surface area contributed by atoms with Crippen molar-refractivity contribution in [2.75, 3.05) is 39.0 Å². The van der Waals surface area contributed by atoms with Gasteiger partial charge in [-0.3, -0.25) is 14.7 Å². The number of hydrogen-bond acceptors (Lipinski definition) is 4. The van der Waals surface area contributed by atoms with Crippen molar-refractivity contribution in [3.8, 4) is 0 Å². The molecule has 1 aliphatic carbocycles. The van der Waals surface area contributed by atoms with E-state index < -0.39 is 0 Å². The van der Waals surface area contributed by atoms with Crippen LogP contribution in [0.5, 0.6) is 0 Å². The lowest BCUT2D eigenvalue weighted by molar-refractivity contribution is -0.125. The quantitative estimate of drug-likeness (QED) is 0.604. The summed E-state index contributed by atoms with van der Waals surface area (Å²) in [7, 11) is 3.96. The van der Waals surface area contributed by atoms with Crippen LogP contribution >= 0.6 is 0 Å². The van der Waals surface area contributed by atoms with Gasteiger partial charge in [-0.2, -0.15) is 5.10 Å². The van der Waals surface area contributed by atoms with Crippen LogP contribution in [0.25, 0.3) is 5.57 Å². The fourth-order valence-electron chi connectivity index (χ4n) is 3.98. The number of hydrogen-bond donors (Lipinski definition) is 2. The van der Waals surface area contributed by atoms with E-state index >= 15 is 0 Å². The van der Waals surface area contributed by atoms with Crippen molar-refractivity contribution in [3.63, 3.8) is 0 Å². The average molecular weight is 448 g/mol. The molecule has 0 unspecified atom stereocenters. The summed E-state index contributed by atoms with van der Waals surface area (Å²) >= 11 is 0. The first-order chi connectivity index (χ1) is 15.9. The van der Waals surface area contributed by atoms with Gasteiger partial charge < -0.3 is 15.1 Å². The van der Waals surface area contributed by atoms with Crippen LogP contribution in [0, 0.1) is 0 Å². The zero-order valence-corrected chi connectivity index (χ0v) is 19.7. The second-order valence-electron chi connectivity index (χ2n) is 9.24. The van der Waals surface area contributed by atoms with Crippen LogP contribution < -0.4 is 5.32 Å². The van der Waals surface area contributed by atoms with Crippen LogP contribution in [0.4, 0.5) is 5.82 Å². The molecular weight excluding hydrogens is 414 g/mol. The van der Waals surface area contributed by atoms with Gasteiger partial charge in [0.25, 0.3) is 0 Å². The predicted octanol–water partition coefficient (Wildman–Crippen LogP) is 3.76. The molecule has 4 rings (SSSR count). The Morgan fingerprint density at radius 2 is 2.03 bits per heavy atom. The van der Waals surface area contributed by atoms with Crippen molar-refractivity contribution in [2.45, 2.75) is 38.0 Å². The minimum absolute atomic E-state index is 0.0588. The van der Waals surface area contributed by atoms with Gasteiger partial charge in [0.1, 0.15) is 0 Å². The van der Waals surface area contributed by atoms with Gasteiger partial charge in [-0.25, -0.2) is 0 Å². The smallest absolute Gasteiger partial charge is 0.246 e. The first-order valence-corrected chi connectivity index (χ1v) is 11.7. The van der Waals surface area contributed by atoms with E-state index in [1.165, 1.54) is 18.4 Å². The third-order valence-electron chi connectivity index (χ3n) is 6.29. The number of aromatic amines is 1. The molecule has 1 fully saturated rings. The average Bonchev–Trinajstić information content (AvgIpc) is 3.57. The first kappa shape index (κ1) is 23.0. The maximum Gasteiger partial charge on any atom is 0.246 e. The number of nitrogens with one attached hydrogen (secondary N) is 2. The Morgan fingerprint density at radius 3 is 2.67 bits per heavy atom. The molecule has 0 saturated heterocycles. The van der Waals surface area contributed by atoms with Crippen LogP contribution in [0.1, 0.15) is 54.8 Å². The Bertz CT molecular complexity index is 1050. The summed E-state index contributed by atoms with van der Waals surface area (Å²) < 4.78 is 0. The van der Waals surface area contributed by atoms with Gasteiger partial charge in [-0.05, 0) is 57.0 Å². The molecule has 7 heteroatoms. The Hall–Kier alpha value is -3.19. The van der Waals surface area contributed by atoms with Crippen molar-refractivity contribution in [3.05, 3.63) is 65.4 Å². The molecule has 33 heavy (non-hydrogen) atoms. The molecule has 174 valence electrons. The summed E-state index contributed by atoms with van der Waals surface area (Å²) in [5.41, 5.74) is 4.45. The van der Waals surface area contributed by atoms with Gasteiger partial charge >= 0.3 is 0 Å². The fraction of sp³-hybridized carbons (Fsp3) is 0.423. The molecule has 2 aliphatic rings. The highest BCUT2D eigenvalue weighted by molar-refractivity contribution is 5.95. The van der Waals surface area contributed by atoms with Crippen LogP contribution in [0.15, 0.2) is 48.6 Å². The zero-order chi connectivity index (χ0) is 23.4. The van der Waals surface area contributed by atoms with Crippen molar-refractivity contribution < 1.29 is 9.59 Å². The first-order valence-electron chi connectivity index (χ1n) is 11.7. The van der Waals surface area contributed by atoms with Gasteiger partial charge in [0.15, 0.2) is 5.82 Å². The maximum absolute atomic E-state index is 12.7. The lowest BCUT2D eigenvalue weighted by Crippen LogP contribution is -2.33. The highest BCUT2D eigenvalue weighted by Gasteiger charge is 2.26. The van der Waals surface area contributed by atoms with E-state index in [2.05, 4.69) is 33.7 Å². The Kier molecular flexibility index (Phi) is 7.08. The Labute approximate surface area is 195 Å². The molecule has 1 saturated carbocycles. The van der Waals surface area contributed by atoms with Crippen LogP contribution in [-0.4, -0.2) is 65.5 Å². The van der Waals surface area contributed by atoms with E-state index in [9.17, 15) is 9.59 Å². The minimum Gasteiger partial charge on any atom is -0.335 e. The second kappa shape index (κ2) is 10.2. The molecule has 1 aliphatic heterocycles. The Balaban J connectivity index is 1.31. The summed E-state index contributed by atoms with van der Waals surface area (Å²) in [4.78, 5) is 28.9.